The molecule has 0 aromatic rings. The molecule has 2 N–H and O–H groups in total. The molecule has 0 aromatic carbocycles. The number of hydrogen-bond donors (Lipinski definition) is 2. The van der Waals surface area contributed by atoms with Crippen LogP contribution in [-0.4, -0.2) is 58.8 Å². The van der Waals surface area contributed by atoms with E-state index in [1.54, 1.807) is 20.8 Å². The SMILES string of the molecule is CCCCCCCCCCCCCCCC/C=C/CCCCC[N+](CCC(C)C(=O)[O-])(CCC(C)C(=O)O)CCC(C)C(=O)O. The lowest BCUT2D eigenvalue weighted by molar-refractivity contribution is -0.929. The largest absolute Gasteiger partial charge is 0.550 e. The summed E-state index contributed by atoms with van der Waals surface area (Å²) >= 11 is 0. The molecule has 0 radical (unpaired) electrons. The third-order valence-electron chi connectivity index (χ3n) is 9.75. The minimum Gasteiger partial charge on any atom is -0.550 e. The summed E-state index contributed by atoms with van der Waals surface area (Å²) in [6.07, 6.45) is 30.6. The molecule has 3 atom stereocenters. The van der Waals surface area contributed by atoms with Crippen LogP contribution in [0.4, 0.5) is 0 Å². The number of hydrogen-bond acceptors (Lipinski definition) is 4. The lowest BCUT2D eigenvalue weighted by atomic mass is 10.0. The molecule has 0 aliphatic rings. The number of aliphatic carboxylic acids is 3. The smallest absolute Gasteiger partial charge is 0.306 e. The Bertz CT molecular complexity index is 722. The van der Waals surface area contributed by atoms with E-state index in [1.165, 1.54) is 89.9 Å². The van der Waals surface area contributed by atoms with Gasteiger partial charge in [0.2, 0.25) is 0 Å². The molecule has 0 aliphatic carbocycles. The van der Waals surface area contributed by atoms with Crippen LogP contribution in [0.25, 0.3) is 0 Å². The summed E-state index contributed by atoms with van der Waals surface area (Å²) in [5, 5.41) is 30.3. The summed E-state index contributed by atoms with van der Waals surface area (Å²) < 4.78 is 0.571. The van der Waals surface area contributed by atoms with Gasteiger partial charge in [-0.15, -0.1) is 0 Å². The van der Waals surface area contributed by atoms with Crippen LogP contribution in [0.15, 0.2) is 12.2 Å². The Balaban J connectivity index is 4.39. The molecular formula is C38H71NO6. The first-order chi connectivity index (χ1) is 21.5. The number of carboxylic acid groups (broad SMARTS) is 3. The Labute approximate surface area is 276 Å². The zero-order valence-corrected chi connectivity index (χ0v) is 29.7. The van der Waals surface area contributed by atoms with Gasteiger partial charge >= 0.3 is 11.9 Å². The van der Waals surface area contributed by atoms with Crippen LogP contribution in [0.2, 0.25) is 0 Å². The molecule has 0 amide bonds. The number of rotatable bonds is 33. The van der Waals surface area contributed by atoms with Gasteiger partial charge in [-0.3, -0.25) is 9.59 Å². The number of allylic oxidation sites excluding steroid dienone is 2. The quantitative estimate of drug-likeness (QED) is 0.0422. The van der Waals surface area contributed by atoms with Crippen molar-refractivity contribution in [2.75, 3.05) is 26.2 Å². The third-order valence-corrected chi connectivity index (χ3v) is 9.75. The normalized spacial score (nSPS) is 15.1. The molecule has 7 nitrogen and oxygen atoms in total. The Morgan fingerprint density at radius 1 is 0.533 bits per heavy atom. The van der Waals surface area contributed by atoms with Crippen LogP contribution in [0, 0.1) is 17.8 Å². The van der Waals surface area contributed by atoms with E-state index in [9.17, 15) is 29.7 Å². The van der Waals surface area contributed by atoms with E-state index in [0.29, 0.717) is 43.4 Å². The second kappa shape index (κ2) is 28.3. The topological polar surface area (TPSA) is 115 Å². The standard InChI is InChI=1S/C38H71NO6/c1-5-6-7-8-9-10-11-12-13-14-15-16-17-18-19-20-21-22-23-24-25-29-39(30-26-33(2)36(40)41,31-27-34(3)37(42)43)32-28-35(4)38(44)45/h20-21,33-35H,5-19,22-32H2,1-4H3,(H2-,40,41,42,43,44,45)/b21-20+. The highest BCUT2D eigenvalue weighted by molar-refractivity contribution is 5.69. The van der Waals surface area contributed by atoms with Crippen LogP contribution in [0.3, 0.4) is 0 Å². The summed E-state index contributed by atoms with van der Waals surface area (Å²) in [7, 11) is 0. The van der Waals surface area contributed by atoms with Gasteiger partial charge in [0.1, 0.15) is 0 Å². The average molecular weight is 638 g/mol. The van der Waals surface area contributed by atoms with Crippen LogP contribution in [0.1, 0.15) is 169 Å². The van der Waals surface area contributed by atoms with Crippen molar-refractivity contribution in [2.24, 2.45) is 17.8 Å². The summed E-state index contributed by atoms with van der Waals surface area (Å²) in [6.45, 7) is 9.94. The van der Waals surface area contributed by atoms with E-state index < -0.39 is 35.7 Å². The molecule has 0 rings (SSSR count). The van der Waals surface area contributed by atoms with Gasteiger partial charge in [-0.05, 0) is 38.5 Å². The van der Waals surface area contributed by atoms with Gasteiger partial charge in [0.15, 0.2) is 0 Å². The molecular weight excluding hydrogens is 566 g/mol. The van der Waals surface area contributed by atoms with Crippen molar-refractivity contribution in [3.8, 4) is 0 Å². The van der Waals surface area contributed by atoms with Crippen molar-refractivity contribution >= 4 is 17.9 Å². The van der Waals surface area contributed by atoms with Crippen LogP contribution in [0.5, 0.6) is 0 Å². The van der Waals surface area contributed by atoms with E-state index in [-0.39, 0.29) is 0 Å². The van der Waals surface area contributed by atoms with E-state index in [1.807, 2.05) is 0 Å². The minimum atomic E-state index is -1.08. The molecule has 0 saturated heterocycles. The number of carbonyl (C=O) groups excluding carboxylic acids is 1. The molecule has 0 aromatic heterocycles. The highest BCUT2D eigenvalue weighted by Crippen LogP contribution is 2.22. The predicted octanol–water partition coefficient (Wildman–Crippen LogP) is 8.79. The lowest BCUT2D eigenvalue weighted by Gasteiger charge is -2.41. The number of nitrogens with zero attached hydrogens (tertiary/aromatic N) is 1. The van der Waals surface area contributed by atoms with Gasteiger partial charge in [-0.25, -0.2) is 0 Å². The Morgan fingerprint density at radius 3 is 1.22 bits per heavy atom. The van der Waals surface area contributed by atoms with Gasteiger partial charge in [-0.1, -0.05) is 123 Å². The molecule has 0 spiro atoms. The van der Waals surface area contributed by atoms with Crippen molar-refractivity contribution in [3.63, 3.8) is 0 Å². The van der Waals surface area contributed by atoms with E-state index in [0.717, 1.165) is 38.6 Å². The van der Waals surface area contributed by atoms with Crippen molar-refractivity contribution < 1.29 is 34.2 Å². The van der Waals surface area contributed by atoms with Gasteiger partial charge in [0, 0.05) is 31.1 Å². The van der Waals surface area contributed by atoms with E-state index in [2.05, 4.69) is 19.1 Å². The Hall–Kier alpha value is -1.89. The highest BCUT2D eigenvalue weighted by atomic mass is 16.4. The Morgan fingerprint density at radius 2 is 0.867 bits per heavy atom. The summed E-state index contributed by atoms with van der Waals surface area (Å²) in [6, 6.07) is 0. The van der Waals surface area contributed by atoms with Crippen LogP contribution in [-0.2, 0) is 14.4 Å². The van der Waals surface area contributed by atoms with Gasteiger partial charge < -0.3 is 24.6 Å². The lowest BCUT2D eigenvalue weighted by Crippen LogP contribution is -2.52. The van der Waals surface area contributed by atoms with E-state index >= 15 is 0 Å². The zero-order chi connectivity index (χ0) is 33.8. The fourth-order valence-electron chi connectivity index (χ4n) is 6.02. The molecule has 45 heavy (non-hydrogen) atoms. The fourth-order valence-corrected chi connectivity index (χ4v) is 6.02. The molecule has 7 heteroatoms. The highest BCUT2D eigenvalue weighted by Gasteiger charge is 2.30. The maximum absolute atomic E-state index is 11.5. The third kappa shape index (κ3) is 24.9. The second-order valence-corrected chi connectivity index (χ2v) is 14.0. The van der Waals surface area contributed by atoms with Crippen molar-refractivity contribution in [3.05, 3.63) is 12.2 Å². The first-order valence-corrected chi connectivity index (χ1v) is 18.7. The monoisotopic (exact) mass is 638 g/mol. The molecule has 0 fully saturated rings. The summed E-state index contributed by atoms with van der Waals surface area (Å²) in [5.74, 6) is -4.34. The molecule has 0 bridgehead atoms. The van der Waals surface area contributed by atoms with Gasteiger partial charge in [0.25, 0.3) is 0 Å². The zero-order valence-electron chi connectivity index (χ0n) is 29.7. The molecule has 3 unspecified atom stereocenters. The predicted molar refractivity (Wildman–Crippen MR) is 184 cm³/mol. The minimum absolute atomic E-state index is 0.438. The van der Waals surface area contributed by atoms with Gasteiger partial charge in [-0.2, -0.15) is 0 Å². The fraction of sp³-hybridized carbons (Fsp3) is 0.868. The maximum Gasteiger partial charge on any atom is 0.306 e. The molecule has 0 heterocycles. The van der Waals surface area contributed by atoms with Crippen LogP contribution >= 0.6 is 0 Å². The van der Waals surface area contributed by atoms with Crippen molar-refractivity contribution in [1.29, 1.82) is 0 Å². The van der Waals surface area contributed by atoms with Crippen molar-refractivity contribution in [2.45, 2.75) is 169 Å². The molecule has 0 aliphatic heterocycles. The van der Waals surface area contributed by atoms with Crippen LogP contribution < -0.4 is 5.11 Å². The first-order valence-electron chi connectivity index (χ1n) is 18.7. The Kier molecular flexibility index (Phi) is 27.2. The molecule has 264 valence electrons. The first kappa shape index (κ1) is 43.1. The van der Waals surface area contributed by atoms with Crippen molar-refractivity contribution in [1.82, 2.24) is 0 Å². The summed E-state index contributed by atoms with van der Waals surface area (Å²) in [4.78, 5) is 34.4. The number of unbranched alkanes of at least 4 members (excludes halogenated alkanes) is 17. The maximum atomic E-state index is 11.5. The van der Waals surface area contributed by atoms with Gasteiger partial charge in [0.05, 0.1) is 38.0 Å². The number of quaternary nitrogens is 1. The summed E-state index contributed by atoms with van der Waals surface area (Å²) in [5.41, 5.74) is 0. The number of carboxylic acids is 3. The molecule has 0 saturated carbocycles. The number of carbonyl (C=O) groups is 3. The second-order valence-electron chi connectivity index (χ2n) is 14.0. The van der Waals surface area contributed by atoms with E-state index in [4.69, 9.17) is 0 Å². The average Bonchev–Trinajstić information content (AvgIpc) is 3.01.